The number of amides is 2. The number of nitrogens with zero attached hydrogens (tertiary/aromatic N) is 1. The fraction of sp³-hybridized carbons (Fsp3) is 0.345. The Balaban J connectivity index is 1.61. The van der Waals surface area contributed by atoms with Gasteiger partial charge in [0.2, 0.25) is 0 Å². The van der Waals surface area contributed by atoms with Crippen LogP contribution in [0.25, 0.3) is 0 Å². The minimum atomic E-state index is -0.233. The SMILES string of the molecule is COc1ccc(CN2CCc3cc(OC)c(OC)cc3[C@H]2[C@@H](C)NC(=O)Nc2ccc(C)cc2)cc1. The van der Waals surface area contributed by atoms with E-state index in [2.05, 4.69) is 39.8 Å². The van der Waals surface area contributed by atoms with E-state index in [1.54, 1.807) is 21.3 Å². The Labute approximate surface area is 213 Å². The monoisotopic (exact) mass is 489 g/mol. The van der Waals surface area contributed by atoms with E-state index in [1.165, 1.54) is 11.1 Å². The predicted molar refractivity (Wildman–Crippen MR) is 142 cm³/mol. The maximum Gasteiger partial charge on any atom is 0.319 e. The molecule has 4 rings (SSSR count). The first-order valence-electron chi connectivity index (χ1n) is 12.2. The highest BCUT2D eigenvalue weighted by Gasteiger charge is 2.33. The summed E-state index contributed by atoms with van der Waals surface area (Å²) in [5.74, 6) is 2.24. The molecular weight excluding hydrogens is 454 g/mol. The Morgan fingerprint density at radius 2 is 1.64 bits per heavy atom. The lowest BCUT2D eigenvalue weighted by Crippen LogP contribution is -2.48. The molecular formula is C29H35N3O4. The van der Waals surface area contributed by atoms with E-state index in [9.17, 15) is 4.79 Å². The van der Waals surface area contributed by atoms with Crippen molar-refractivity contribution in [2.45, 2.75) is 38.9 Å². The molecule has 2 atom stereocenters. The van der Waals surface area contributed by atoms with Gasteiger partial charge in [0, 0.05) is 24.8 Å². The van der Waals surface area contributed by atoms with Crippen LogP contribution >= 0.6 is 0 Å². The number of nitrogens with one attached hydrogen (secondary N) is 2. The Hall–Kier alpha value is -3.71. The molecule has 0 saturated heterocycles. The topological polar surface area (TPSA) is 72.1 Å². The molecule has 0 bridgehead atoms. The third-order valence-corrected chi connectivity index (χ3v) is 6.71. The van der Waals surface area contributed by atoms with E-state index >= 15 is 0 Å². The molecule has 7 nitrogen and oxygen atoms in total. The highest BCUT2D eigenvalue weighted by Crippen LogP contribution is 2.40. The molecule has 2 amide bonds. The summed E-state index contributed by atoms with van der Waals surface area (Å²) in [5.41, 5.74) is 5.43. The van der Waals surface area contributed by atoms with Crippen LogP contribution in [0.1, 0.15) is 35.2 Å². The molecule has 3 aromatic carbocycles. The number of fused-ring (bicyclic) bond motifs is 1. The molecule has 1 aliphatic rings. The van der Waals surface area contributed by atoms with Crippen molar-refractivity contribution in [1.29, 1.82) is 0 Å². The van der Waals surface area contributed by atoms with Crippen molar-refractivity contribution in [3.05, 3.63) is 82.9 Å². The summed E-state index contributed by atoms with van der Waals surface area (Å²) in [5, 5.41) is 6.12. The average molecular weight is 490 g/mol. The zero-order chi connectivity index (χ0) is 25.7. The highest BCUT2D eigenvalue weighted by atomic mass is 16.5. The zero-order valence-electron chi connectivity index (χ0n) is 21.6. The summed E-state index contributed by atoms with van der Waals surface area (Å²) in [6.07, 6.45) is 0.880. The van der Waals surface area contributed by atoms with Crippen molar-refractivity contribution in [2.24, 2.45) is 0 Å². The van der Waals surface area contributed by atoms with Crippen LogP contribution in [-0.4, -0.2) is 44.8 Å². The summed E-state index contributed by atoms with van der Waals surface area (Å²) < 4.78 is 16.5. The van der Waals surface area contributed by atoms with Crippen molar-refractivity contribution in [3.8, 4) is 17.2 Å². The number of ether oxygens (including phenoxy) is 3. The second-order valence-electron chi connectivity index (χ2n) is 9.17. The standard InChI is InChI=1S/C29H35N3O4/c1-19-6-10-23(11-7-19)31-29(33)30-20(2)28-25-17-27(36-5)26(35-4)16-22(25)14-15-32(28)18-21-8-12-24(34-3)13-9-21/h6-13,16-17,20,28H,14-15,18H2,1-5H3,(H2,30,31,33)/t20-,28-/m1/s1. The van der Waals surface area contributed by atoms with Crippen molar-refractivity contribution in [3.63, 3.8) is 0 Å². The van der Waals surface area contributed by atoms with Gasteiger partial charge >= 0.3 is 6.03 Å². The van der Waals surface area contributed by atoms with Gasteiger partial charge in [-0.3, -0.25) is 4.90 Å². The zero-order valence-corrected chi connectivity index (χ0v) is 21.6. The Morgan fingerprint density at radius 3 is 2.28 bits per heavy atom. The largest absolute Gasteiger partial charge is 0.497 e. The first-order chi connectivity index (χ1) is 17.4. The van der Waals surface area contributed by atoms with Crippen LogP contribution in [0.5, 0.6) is 17.2 Å². The summed E-state index contributed by atoms with van der Waals surface area (Å²) >= 11 is 0. The summed E-state index contributed by atoms with van der Waals surface area (Å²) in [6.45, 7) is 5.66. The van der Waals surface area contributed by atoms with E-state index < -0.39 is 0 Å². The second kappa shape index (κ2) is 11.4. The van der Waals surface area contributed by atoms with Crippen molar-refractivity contribution in [1.82, 2.24) is 10.2 Å². The molecule has 7 heteroatoms. The van der Waals surface area contributed by atoms with Crippen LogP contribution in [0.3, 0.4) is 0 Å². The number of anilines is 1. The van der Waals surface area contributed by atoms with E-state index in [-0.39, 0.29) is 18.1 Å². The number of hydrogen-bond acceptors (Lipinski definition) is 5. The van der Waals surface area contributed by atoms with E-state index in [1.807, 2.05) is 50.2 Å². The van der Waals surface area contributed by atoms with Gasteiger partial charge in [-0.15, -0.1) is 0 Å². The molecule has 0 aliphatic carbocycles. The van der Waals surface area contributed by atoms with Gasteiger partial charge in [0.05, 0.1) is 27.4 Å². The number of carbonyl (C=O) groups excluding carboxylic acids is 1. The van der Waals surface area contributed by atoms with Crippen molar-refractivity contribution in [2.75, 3.05) is 33.2 Å². The number of aryl methyl sites for hydroxylation is 1. The lowest BCUT2D eigenvalue weighted by molar-refractivity contribution is 0.144. The molecule has 1 heterocycles. The molecule has 190 valence electrons. The van der Waals surface area contributed by atoms with Gasteiger partial charge in [-0.25, -0.2) is 4.79 Å². The van der Waals surface area contributed by atoms with Gasteiger partial charge < -0.3 is 24.8 Å². The minimum Gasteiger partial charge on any atom is -0.497 e. The number of methoxy groups -OCH3 is 3. The normalized spacial score (nSPS) is 16.0. The number of carbonyl (C=O) groups is 1. The highest BCUT2D eigenvalue weighted by molar-refractivity contribution is 5.89. The summed E-state index contributed by atoms with van der Waals surface area (Å²) in [4.78, 5) is 15.3. The second-order valence-corrected chi connectivity index (χ2v) is 9.17. The van der Waals surface area contributed by atoms with Crippen LogP contribution in [0, 0.1) is 6.92 Å². The molecule has 2 N–H and O–H groups in total. The molecule has 0 saturated carbocycles. The van der Waals surface area contributed by atoms with Gasteiger partial charge in [-0.2, -0.15) is 0 Å². The smallest absolute Gasteiger partial charge is 0.319 e. The quantitative estimate of drug-likeness (QED) is 0.448. The van der Waals surface area contributed by atoms with E-state index in [4.69, 9.17) is 14.2 Å². The van der Waals surface area contributed by atoms with Gasteiger partial charge in [0.1, 0.15) is 5.75 Å². The number of hydrogen-bond donors (Lipinski definition) is 2. The Kier molecular flexibility index (Phi) is 8.00. The maximum absolute atomic E-state index is 12.9. The number of rotatable bonds is 8. The molecule has 1 aliphatic heterocycles. The molecule has 0 fully saturated rings. The lowest BCUT2D eigenvalue weighted by Gasteiger charge is -2.41. The van der Waals surface area contributed by atoms with Crippen LogP contribution < -0.4 is 24.8 Å². The maximum atomic E-state index is 12.9. The third-order valence-electron chi connectivity index (χ3n) is 6.71. The fourth-order valence-electron chi connectivity index (χ4n) is 4.85. The van der Waals surface area contributed by atoms with E-state index in [0.29, 0.717) is 5.75 Å². The first-order valence-corrected chi connectivity index (χ1v) is 12.2. The number of urea groups is 1. The summed E-state index contributed by atoms with van der Waals surface area (Å²) in [7, 11) is 4.97. The minimum absolute atomic E-state index is 0.0561. The molecule has 3 aromatic rings. The lowest BCUT2D eigenvalue weighted by atomic mass is 9.87. The van der Waals surface area contributed by atoms with Gasteiger partial charge in [-0.05, 0) is 73.4 Å². The molecule has 0 radical (unpaired) electrons. The molecule has 0 spiro atoms. The van der Waals surface area contributed by atoms with Crippen LogP contribution in [0.2, 0.25) is 0 Å². The Bertz CT molecular complexity index is 1180. The first kappa shape index (κ1) is 25.4. The predicted octanol–water partition coefficient (Wildman–Crippen LogP) is 5.33. The average Bonchev–Trinajstić information content (AvgIpc) is 2.89. The number of benzene rings is 3. The van der Waals surface area contributed by atoms with Gasteiger partial charge in [-0.1, -0.05) is 29.8 Å². The van der Waals surface area contributed by atoms with Crippen LogP contribution in [-0.2, 0) is 13.0 Å². The third kappa shape index (κ3) is 5.74. The van der Waals surface area contributed by atoms with Gasteiger partial charge in [0.15, 0.2) is 11.5 Å². The van der Waals surface area contributed by atoms with Crippen LogP contribution in [0.15, 0.2) is 60.7 Å². The van der Waals surface area contributed by atoms with Crippen molar-refractivity contribution >= 4 is 11.7 Å². The van der Waals surface area contributed by atoms with Gasteiger partial charge in [0.25, 0.3) is 0 Å². The summed E-state index contributed by atoms with van der Waals surface area (Å²) in [6, 6.07) is 19.5. The van der Waals surface area contributed by atoms with Crippen molar-refractivity contribution < 1.29 is 19.0 Å². The molecule has 0 unspecified atom stereocenters. The Morgan fingerprint density at radius 1 is 0.972 bits per heavy atom. The van der Waals surface area contributed by atoms with E-state index in [0.717, 1.165) is 47.8 Å². The molecule has 0 aromatic heterocycles. The molecule has 36 heavy (non-hydrogen) atoms. The van der Waals surface area contributed by atoms with Crippen LogP contribution in [0.4, 0.5) is 10.5 Å². The fourth-order valence-corrected chi connectivity index (χ4v) is 4.85.